The lowest BCUT2D eigenvalue weighted by atomic mass is 9.78. The Labute approximate surface area is 167 Å². The van der Waals surface area contributed by atoms with Crippen LogP contribution in [0.2, 0.25) is 0 Å². The van der Waals surface area contributed by atoms with Gasteiger partial charge in [-0.25, -0.2) is 9.36 Å². The van der Waals surface area contributed by atoms with Gasteiger partial charge in [0.2, 0.25) is 0 Å². The molecule has 2 aliphatic rings. The van der Waals surface area contributed by atoms with Crippen LogP contribution in [0.15, 0.2) is 18.2 Å². The number of carbonyl (C=O) groups is 1. The number of nitrogens with zero attached hydrogens (tertiary/aromatic N) is 2. The number of aromatic nitrogens is 1. The average Bonchev–Trinajstić information content (AvgIpc) is 2.97. The highest BCUT2D eigenvalue weighted by Gasteiger charge is 2.41. The number of rotatable bonds is 3. The molecule has 2 aliphatic heterocycles. The maximum Gasteiger partial charge on any atom is 0.418 e. The molecule has 1 N–H and O–H groups in total. The van der Waals surface area contributed by atoms with Crippen molar-refractivity contribution < 1.29 is 14.6 Å². The van der Waals surface area contributed by atoms with Gasteiger partial charge in [-0.1, -0.05) is 20.3 Å². The van der Waals surface area contributed by atoms with Gasteiger partial charge in [0.15, 0.2) is 0 Å². The Hall–Kier alpha value is -2.01. The Morgan fingerprint density at radius 3 is 2.89 bits per heavy atom. The maximum atomic E-state index is 12.8. The lowest BCUT2D eigenvalue weighted by Crippen LogP contribution is -2.46. The first kappa shape index (κ1) is 19.3. The highest BCUT2D eigenvalue weighted by Crippen LogP contribution is 2.45. The third-order valence-corrected chi connectivity index (χ3v) is 7.12. The summed E-state index contributed by atoms with van der Waals surface area (Å²) in [5.74, 6) is 1.92. The maximum absolute atomic E-state index is 12.8. The van der Waals surface area contributed by atoms with Gasteiger partial charge in [0.05, 0.1) is 12.6 Å². The summed E-state index contributed by atoms with van der Waals surface area (Å²) in [7, 11) is 1.44. The van der Waals surface area contributed by atoms with Crippen molar-refractivity contribution in [1.29, 1.82) is 0 Å². The Morgan fingerprint density at radius 2 is 2.18 bits per heavy atom. The van der Waals surface area contributed by atoms with E-state index in [0.29, 0.717) is 17.9 Å². The van der Waals surface area contributed by atoms with E-state index in [2.05, 4.69) is 25.7 Å². The minimum atomic E-state index is -0.332. The van der Waals surface area contributed by atoms with Crippen molar-refractivity contribution in [3.8, 4) is 5.75 Å². The molecule has 2 aromatic rings. The number of phenols is 1. The largest absolute Gasteiger partial charge is 0.508 e. The fourth-order valence-electron chi connectivity index (χ4n) is 5.48. The van der Waals surface area contributed by atoms with E-state index in [0.717, 1.165) is 48.4 Å². The van der Waals surface area contributed by atoms with E-state index < -0.39 is 0 Å². The zero-order valence-corrected chi connectivity index (χ0v) is 17.4. The van der Waals surface area contributed by atoms with E-state index in [1.165, 1.54) is 25.5 Å². The minimum Gasteiger partial charge on any atom is -0.508 e. The Morgan fingerprint density at radius 1 is 1.39 bits per heavy atom. The van der Waals surface area contributed by atoms with Crippen LogP contribution >= 0.6 is 0 Å². The van der Waals surface area contributed by atoms with Gasteiger partial charge in [-0.15, -0.1) is 0 Å². The number of ether oxygens (including phenoxy) is 1. The van der Waals surface area contributed by atoms with Crippen LogP contribution in [0.5, 0.6) is 5.75 Å². The number of fused-ring (bicyclic) bond motifs is 6. The normalized spacial score (nSPS) is 27.9. The van der Waals surface area contributed by atoms with E-state index in [1.54, 1.807) is 16.7 Å². The second kappa shape index (κ2) is 7.43. The topological polar surface area (TPSA) is 54.7 Å². The summed E-state index contributed by atoms with van der Waals surface area (Å²) in [6.07, 6.45) is 4.13. The summed E-state index contributed by atoms with van der Waals surface area (Å²) in [6, 6.07) is 5.71. The van der Waals surface area contributed by atoms with Gasteiger partial charge in [0.25, 0.3) is 0 Å². The molecule has 5 atom stereocenters. The van der Waals surface area contributed by atoms with E-state index >= 15 is 0 Å². The van der Waals surface area contributed by atoms with Gasteiger partial charge in [0, 0.05) is 36.1 Å². The van der Waals surface area contributed by atoms with Crippen molar-refractivity contribution in [2.45, 2.75) is 58.4 Å². The Balaban J connectivity index is 1.86. The summed E-state index contributed by atoms with van der Waals surface area (Å²) in [4.78, 5) is 15.4. The summed E-state index contributed by atoms with van der Waals surface area (Å²) in [5.41, 5.74) is 3.16. The van der Waals surface area contributed by atoms with E-state index in [1.807, 2.05) is 6.07 Å². The van der Waals surface area contributed by atoms with Crippen LogP contribution in [0.1, 0.15) is 57.2 Å². The van der Waals surface area contributed by atoms with Crippen LogP contribution < -0.4 is 0 Å². The zero-order valence-electron chi connectivity index (χ0n) is 17.4. The smallest absolute Gasteiger partial charge is 0.418 e. The molecule has 152 valence electrons. The van der Waals surface area contributed by atoms with Crippen molar-refractivity contribution in [1.82, 2.24) is 9.47 Å². The van der Waals surface area contributed by atoms with Gasteiger partial charge >= 0.3 is 6.09 Å². The highest BCUT2D eigenvalue weighted by atomic mass is 16.5. The number of hydrogen-bond acceptors (Lipinski definition) is 4. The quantitative estimate of drug-likeness (QED) is 0.830. The zero-order chi connectivity index (χ0) is 20.0. The molecule has 5 nitrogen and oxygen atoms in total. The molecule has 0 spiro atoms. The van der Waals surface area contributed by atoms with Crippen LogP contribution in [-0.2, 0) is 11.2 Å². The molecule has 0 amide bonds. The van der Waals surface area contributed by atoms with E-state index in [4.69, 9.17) is 4.74 Å². The summed E-state index contributed by atoms with van der Waals surface area (Å²) < 4.78 is 6.95. The van der Waals surface area contributed by atoms with Crippen LogP contribution in [0.4, 0.5) is 4.79 Å². The van der Waals surface area contributed by atoms with E-state index in [9.17, 15) is 9.90 Å². The van der Waals surface area contributed by atoms with Gasteiger partial charge in [-0.05, 0) is 61.8 Å². The van der Waals surface area contributed by atoms with Crippen LogP contribution in [0.3, 0.4) is 0 Å². The predicted molar refractivity (Wildman–Crippen MR) is 111 cm³/mol. The van der Waals surface area contributed by atoms with Crippen molar-refractivity contribution in [2.75, 3.05) is 20.2 Å². The number of methoxy groups -OCH3 is 1. The fourth-order valence-corrected chi connectivity index (χ4v) is 5.48. The SMILES string of the molecule is CCC(C)C[C@H]1C[C@H]2c3c(c4cc(O)ccc4n3C(=O)OC)CCN(C1)C2C. The molecule has 1 saturated heterocycles. The Bertz CT molecular complexity index is 888. The monoisotopic (exact) mass is 384 g/mol. The van der Waals surface area contributed by atoms with Gasteiger partial charge in [0.1, 0.15) is 5.75 Å². The molecule has 3 heterocycles. The molecule has 0 radical (unpaired) electrons. The van der Waals surface area contributed by atoms with Crippen molar-refractivity contribution in [2.24, 2.45) is 11.8 Å². The molecule has 3 unspecified atom stereocenters. The predicted octanol–water partition coefficient (Wildman–Crippen LogP) is 4.75. The first-order valence-electron chi connectivity index (χ1n) is 10.6. The molecule has 28 heavy (non-hydrogen) atoms. The molecule has 1 aromatic heterocycles. The summed E-state index contributed by atoms with van der Waals surface area (Å²) >= 11 is 0. The number of aromatic hydroxyl groups is 1. The number of phenolic OH excluding ortho intramolecular Hbond substituents is 1. The fraction of sp³-hybridized carbons (Fsp3) is 0.609. The van der Waals surface area contributed by atoms with Gasteiger partial charge in [-0.2, -0.15) is 0 Å². The minimum absolute atomic E-state index is 0.243. The number of piperidine rings is 1. The molecule has 1 aromatic carbocycles. The summed E-state index contributed by atoms with van der Waals surface area (Å²) in [6.45, 7) is 9.06. The summed E-state index contributed by atoms with van der Waals surface area (Å²) in [5, 5.41) is 11.1. The number of benzene rings is 1. The molecule has 0 aliphatic carbocycles. The number of hydrogen-bond donors (Lipinski definition) is 1. The van der Waals surface area contributed by atoms with Crippen molar-refractivity contribution in [3.63, 3.8) is 0 Å². The Kier molecular flexibility index (Phi) is 5.13. The van der Waals surface area contributed by atoms with E-state index in [-0.39, 0.29) is 11.8 Å². The third-order valence-electron chi connectivity index (χ3n) is 7.12. The lowest BCUT2D eigenvalue weighted by Gasteiger charge is -2.42. The highest BCUT2D eigenvalue weighted by molar-refractivity contribution is 5.94. The first-order valence-corrected chi connectivity index (χ1v) is 10.6. The third kappa shape index (κ3) is 3.10. The van der Waals surface area contributed by atoms with Gasteiger partial charge in [-0.3, -0.25) is 4.90 Å². The molecule has 2 bridgehead atoms. The lowest BCUT2D eigenvalue weighted by molar-refractivity contribution is 0.0906. The standard InChI is InChI=1S/C23H32N2O3/c1-5-14(2)10-16-11-19-15(3)24(13-16)9-8-18-20-12-17(26)6-7-21(20)25(22(18)19)23(27)28-4/h6-7,12,14-16,19,26H,5,8-11,13H2,1-4H3/t14?,15?,16-,19+/m0/s1. The molecule has 4 rings (SSSR count). The van der Waals surface area contributed by atoms with Crippen molar-refractivity contribution >= 4 is 17.0 Å². The van der Waals surface area contributed by atoms with Gasteiger partial charge < -0.3 is 9.84 Å². The van der Waals surface area contributed by atoms with Crippen LogP contribution in [-0.4, -0.2) is 46.9 Å². The molecular formula is C23H32N2O3. The molecule has 1 fully saturated rings. The van der Waals surface area contributed by atoms with Crippen LogP contribution in [0.25, 0.3) is 10.9 Å². The number of carbonyl (C=O) groups excluding carboxylic acids is 1. The molecule has 5 heteroatoms. The average molecular weight is 385 g/mol. The molecular weight excluding hydrogens is 352 g/mol. The van der Waals surface area contributed by atoms with Crippen LogP contribution in [0, 0.1) is 11.8 Å². The second-order valence-corrected chi connectivity index (χ2v) is 8.81. The van der Waals surface area contributed by atoms with Crippen molar-refractivity contribution in [3.05, 3.63) is 29.5 Å². The second-order valence-electron chi connectivity index (χ2n) is 8.81. The first-order chi connectivity index (χ1) is 13.4. The molecule has 0 saturated carbocycles.